The minimum absolute atomic E-state index is 0.311. The average Bonchev–Trinajstić information content (AvgIpc) is 1.62. The summed E-state index contributed by atoms with van der Waals surface area (Å²) in [6.07, 6.45) is 0. The molecule has 0 fully saturated rings. The third kappa shape index (κ3) is 3.87. The lowest BCUT2D eigenvalue weighted by atomic mass is 11.0. The van der Waals surface area contributed by atoms with E-state index in [0.29, 0.717) is 0 Å². The van der Waals surface area contributed by atoms with E-state index < -0.39 is 11.8 Å². The van der Waals surface area contributed by atoms with Crippen LogP contribution in [0.5, 0.6) is 0 Å². The highest BCUT2D eigenvalue weighted by Gasteiger charge is 2.43. The molecular formula is C2I5O2S-. The van der Waals surface area contributed by atoms with E-state index in [2.05, 4.69) is 67.8 Å². The van der Waals surface area contributed by atoms with Crippen LogP contribution in [0.3, 0.4) is 0 Å². The van der Waals surface area contributed by atoms with E-state index >= 15 is 0 Å². The standard InChI is InChI=1S/C2HI5O2S/c3-1(4,5)2(6,7)10(8)9/h(H,8,9)/p-1. The first-order chi connectivity index (χ1) is 4.19. The number of hydrogen-bond acceptors (Lipinski definition) is 2. The molecule has 0 amide bonds. The Hall–Kier alpha value is 3.76. The second kappa shape index (κ2) is 5.01. The molecule has 0 heterocycles. The highest BCUT2D eigenvalue weighted by molar-refractivity contribution is 14.3. The highest BCUT2D eigenvalue weighted by atomic mass is 127. The van der Waals surface area contributed by atoms with E-state index in [1.165, 1.54) is 0 Å². The van der Waals surface area contributed by atoms with Gasteiger partial charge in [-0.1, -0.05) is 113 Å². The quantitative estimate of drug-likeness (QED) is 0.250. The van der Waals surface area contributed by atoms with Gasteiger partial charge in [-0.05, 0) is 11.1 Å². The molecule has 10 heavy (non-hydrogen) atoms. The molecule has 0 saturated heterocycles. The SMILES string of the molecule is O=S([O-])C(I)(I)C(I)(I)I. The minimum atomic E-state index is -2.04. The van der Waals surface area contributed by atoms with Gasteiger partial charge in [-0.3, -0.25) is 4.21 Å². The van der Waals surface area contributed by atoms with Gasteiger partial charge >= 0.3 is 0 Å². The molecule has 0 aromatic carbocycles. The molecule has 0 aliphatic carbocycles. The molecule has 0 aliphatic rings. The Bertz CT molecular complexity index is 150. The van der Waals surface area contributed by atoms with Gasteiger partial charge in [0.1, 0.15) is 0 Å². The van der Waals surface area contributed by atoms with Gasteiger partial charge in [-0.15, -0.1) is 0 Å². The molecule has 0 bridgehead atoms. The molecule has 62 valence electrons. The maximum absolute atomic E-state index is 10.6. The monoisotopic (exact) mass is 722 g/mol. The fraction of sp³-hybridized carbons (Fsp3) is 1.00. The maximum atomic E-state index is 10.6. The summed E-state index contributed by atoms with van der Waals surface area (Å²) in [7, 11) is 0. The molecule has 0 saturated carbocycles. The molecule has 2 nitrogen and oxygen atoms in total. The number of hydrogen-bond donors (Lipinski definition) is 0. The third-order valence-electron chi connectivity index (χ3n) is 0.539. The van der Waals surface area contributed by atoms with E-state index in [0.717, 1.165) is 0 Å². The molecule has 0 radical (unpaired) electrons. The van der Waals surface area contributed by atoms with Crippen molar-refractivity contribution in [2.24, 2.45) is 0 Å². The summed E-state index contributed by atoms with van der Waals surface area (Å²) >= 11 is 8.10. The first kappa shape index (κ1) is 13.8. The number of rotatable bonds is 2. The van der Waals surface area contributed by atoms with Crippen LogP contribution in [-0.4, -0.2) is 8.96 Å². The van der Waals surface area contributed by atoms with Crippen molar-refractivity contribution in [1.29, 1.82) is 0 Å². The molecule has 0 aromatic heterocycles. The van der Waals surface area contributed by atoms with Crippen molar-refractivity contribution in [3.8, 4) is 0 Å². The predicted molar refractivity (Wildman–Crippen MR) is 84.5 cm³/mol. The van der Waals surface area contributed by atoms with Crippen molar-refractivity contribution in [3.63, 3.8) is 0 Å². The zero-order chi connectivity index (χ0) is 8.58. The van der Waals surface area contributed by atoms with Crippen molar-refractivity contribution in [2.45, 2.75) is 0.196 Å². The molecular weight excluding hydrogens is 723 g/mol. The van der Waals surface area contributed by atoms with Gasteiger partial charge in [0, 0.05) is 0 Å². The van der Waals surface area contributed by atoms with Crippen LogP contribution in [0.2, 0.25) is 0 Å². The second-order valence-electron chi connectivity index (χ2n) is 1.25. The summed E-state index contributed by atoms with van der Waals surface area (Å²) in [5.41, 5.74) is 0. The van der Waals surface area contributed by atoms with Crippen molar-refractivity contribution in [2.75, 3.05) is 0 Å². The van der Waals surface area contributed by atoms with Gasteiger partial charge in [0.15, 0.2) is 0.196 Å². The second-order valence-corrected chi connectivity index (χ2v) is 20.1. The summed E-state index contributed by atoms with van der Waals surface area (Å²) < 4.78 is 20.2. The van der Waals surface area contributed by atoms with Crippen LogP contribution < -0.4 is 0 Å². The zero-order valence-corrected chi connectivity index (χ0v) is 15.7. The smallest absolute Gasteiger partial charge is 0.167 e. The van der Waals surface area contributed by atoms with Crippen molar-refractivity contribution < 1.29 is 8.76 Å². The maximum Gasteiger partial charge on any atom is 0.167 e. The lowest BCUT2D eigenvalue weighted by Crippen LogP contribution is -2.32. The highest BCUT2D eigenvalue weighted by Crippen LogP contribution is 2.55. The van der Waals surface area contributed by atoms with Crippen LogP contribution in [0, 0.1) is 0 Å². The molecule has 8 heteroatoms. The first-order valence-electron chi connectivity index (χ1n) is 1.73. The van der Waals surface area contributed by atoms with Crippen LogP contribution >= 0.6 is 113 Å². The lowest BCUT2D eigenvalue weighted by molar-refractivity contribution is 0.536. The van der Waals surface area contributed by atoms with E-state index in [4.69, 9.17) is 0 Å². The first-order valence-corrected chi connectivity index (χ1v) is 8.20. The molecule has 1 atom stereocenters. The van der Waals surface area contributed by atoms with Crippen molar-refractivity contribution in [1.82, 2.24) is 0 Å². The minimum Gasteiger partial charge on any atom is -0.771 e. The van der Waals surface area contributed by atoms with E-state index in [9.17, 15) is 8.76 Å². The number of halogens is 5. The Morgan fingerprint density at radius 2 is 1.40 bits per heavy atom. The largest absolute Gasteiger partial charge is 0.771 e. The third-order valence-corrected chi connectivity index (χ3v) is 14.8. The van der Waals surface area contributed by atoms with Crippen LogP contribution in [0.15, 0.2) is 0 Å². The Labute approximate surface area is 130 Å². The summed E-state index contributed by atoms with van der Waals surface area (Å²) in [6, 6.07) is 0. The van der Waals surface area contributed by atoms with Crippen LogP contribution in [0.25, 0.3) is 0 Å². The van der Waals surface area contributed by atoms with Crippen LogP contribution in [0.1, 0.15) is 0 Å². The number of alkyl halides is 5. The zero-order valence-electron chi connectivity index (χ0n) is 4.11. The van der Waals surface area contributed by atoms with Gasteiger partial charge in [0.05, 0.1) is 0 Å². The predicted octanol–water partition coefficient (Wildman–Crippen LogP) is 3.35. The van der Waals surface area contributed by atoms with Gasteiger partial charge in [0.25, 0.3) is 0 Å². The molecule has 0 aromatic rings. The van der Waals surface area contributed by atoms with Crippen LogP contribution in [-0.2, 0) is 11.1 Å². The van der Waals surface area contributed by atoms with Gasteiger partial charge < -0.3 is 4.55 Å². The van der Waals surface area contributed by atoms with Crippen molar-refractivity contribution in [3.05, 3.63) is 0 Å². The van der Waals surface area contributed by atoms with E-state index in [1.54, 1.807) is 0 Å². The topological polar surface area (TPSA) is 40.1 Å². The van der Waals surface area contributed by atoms with Gasteiger partial charge in [-0.25, -0.2) is 0 Å². The van der Waals surface area contributed by atoms with E-state index in [1.807, 2.05) is 45.2 Å². The fourth-order valence-electron chi connectivity index (χ4n) is 0.0945. The van der Waals surface area contributed by atoms with Gasteiger partial charge in [0.2, 0.25) is 0 Å². The molecule has 0 aliphatic heterocycles. The fourth-order valence-corrected chi connectivity index (χ4v) is 1.90. The molecule has 0 N–H and O–H groups in total. The molecule has 0 spiro atoms. The average molecular weight is 723 g/mol. The van der Waals surface area contributed by atoms with Crippen LogP contribution in [0.4, 0.5) is 0 Å². The molecule has 0 rings (SSSR count). The summed E-state index contributed by atoms with van der Waals surface area (Å²) in [4.78, 5) is 0. The Morgan fingerprint density at radius 1 is 1.10 bits per heavy atom. The Balaban J connectivity index is 4.57. The lowest BCUT2D eigenvalue weighted by Gasteiger charge is -2.31. The summed E-state index contributed by atoms with van der Waals surface area (Å²) in [5.74, 6) is 0. The normalized spacial score (nSPS) is 17.0. The van der Waals surface area contributed by atoms with E-state index in [-0.39, 0.29) is -0.565 Å². The van der Waals surface area contributed by atoms with Gasteiger partial charge in [-0.2, -0.15) is 0 Å². The Kier molecular flexibility index (Phi) is 6.90. The molecule has 1 unspecified atom stereocenters. The van der Waals surface area contributed by atoms with Crippen molar-refractivity contribution >= 4 is 124 Å². The Morgan fingerprint density at radius 3 is 1.40 bits per heavy atom. The summed E-state index contributed by atoms with van der Waals surface area (Å²) in [6.45, 7) is 0. The summed E-state index contributed by atoms with van der Waals surface area (Å²) in [5, 5.41) is 0.